The highest BCUT2D eigenvalue weighted by atomic mass is 35.5. The number of carbonyl (C=O) groups excluding carboxylic acids is 1. The number of amides is 1. The average molecular weight is 308 g/mol. The van der Waals surface area contributed by atoms with Gasteiger partial charge in [-0.3, -0.25) is 9.59 Å². The second-order valence-electron chi connectivity index (χ2n) is 4.49. The van der Waals surface area contributed by atoms with E-state index < -0.39 is 5.97 Å². The molecule has 1 amide bonds. The second kappa shape index (κ2) is 6.45. The van der Waals surface area contributed by atoms with E-state index >= 15 is 0 Å². The highest BCUT2D eigenvalue weighted by Crippen LogP contribution is 2.25. The lowest BCUT2D eigenvalue weighted by molar-refractivity contribution is -0.136. The van der Waals surface area contributed by atoms with E-state index in [4.69, 9.17) is 21.1 Å². The van der Waals surface area contributed by atoms with E-state index in [1.54, 1.807) is 12.1 Å². The molecule has 2 aromatic rings. The van der Waals surface area contributed by atoms with Crippen molar-refractivity contribution < 1.29 is 19.1 Å². The van der Waals surface area contributed by atoms with E-state index in [2.05, 4.69) is 0 Å². The van der Waals surface area contributed by atoms with Crippen LogP contribution in [0.15, 0.2) is 41.0 Å². The first-order valence-electron chi connectivity index (χ1n) is 6.33. The van der Waals surface area contributed by atoms with Crippen molar-refractivity contribution in [2.24, 2.45) is 0 Å². The van der Waals surface area contributed by atoms with E-state index in [0.717, 1.165) is 5.56 Å². The van der Waals surface area contributed by atoms with Crippen LogP contribution in [-0.4, -0.2) is 23.5 Å². The second-order valence-corrected chi connectivity index (χ2v) is 4.84. The molecule has 0 saturated carbocycles. The van der Waals surface area contributed by atoms with Crippen LogP contribution in [0.2, 0.25) is 5.22 Å². The molecule has 2 rings (SSSR count). The number of carboxylic acid groups (broad SMARTS) is 1. The van der Waals surface area contributed by atoms with Crippen LogP contribution in [0.3, 0.4) is 0 Å². The zero-order chi connectivity index (χ0) is 15.4. The summed E-state index contributed by atoms with van der Waals surface area (Å²) >= 11 is 5.84. The number of benzene rings is 1. The largest absolute Gasteiger partial charge is 0.481 e. The van der Waals surface area contributed by atoms with Crippen LogP contribution >= 0.6 is 11.6 Å². The molecule has 0 fully saturated rings. The predicted molar refractivity (Wildman–Crippen MR) is 78.8 cm³/mol. The fourth-order valence-electron chi connectivity index (χ4n) is 2.00. The molecule has 0 saturated heterocycles. The summed E-state index contributed by atoms with van der Waals surface area (Å²) in [7, 11) is 0. The maximum Gasteiger partial charge on any atom is 0.305 e. The number of anilines is 1. The van der Waals surface area contributed by atoms with Gasteiger partial charge in [-0.2, -0.15) is 0 Å². The van der Waals surface area contributed by atoms with Gasteiger partial charge in [-0.25, -0.2) is 0 Å². The van der Waals surface area contributed by atoms with E-state index in [9.17, 15) is 9.59 Å². The smallest absolute Gasteiger partial charge is 0.305 e. The Morgan fingerprint density at radius 2 is 2.00 bits per heavy atom. The third kappa shape index (κ3) is 3.44. The van der Waals surface area contributed by atoms with Crippen molar-refractivity contribution in [1.82, 2.24) is 0 Å². The first-order chi connectivity index (χ1) is 10.0. The minimum absolute atomic E-state index is 0.00564. The Hall–Kier alpha value is -2.27. The van der Waals surface area contributed by atoms with Crippen molar-refractivity contribution in [3.05, 3.63) is 52.9 Å². The molecular weight excluding hydrogens is 294 g/mol. The molecule has 1 aromatic heterocycles. The lowest BCUT2D eigenvalue weighted by Crippen LogP contribution is -2.33. The van der Waals surface area contributed by atoms with Crippen LogP contribution in [0, 0.1) is 6.92 Å². The van der Waals surface area contributed by atoms with Gasteiger partial charge in [0, 0.05) is 12.2 Å². The van der Waals surface area contributed by atoms with E-state index in [0.29, 0.717) is 5.69 Å². The van der Waals surface area contributed by atoms with E-state index in [1.807, 2.05) is 19.1 Å². The standard InChI is InChI=1S/C15H14ClNO4/c1-10-4-2-3-5-12(10)17(8-6-13(18)19)15(20)11-7-9-21-14(11)16/h2-5,7,9H,6,8H2,1H3,(H,18,19). The Balaban J connectivity index is 2.37. The number of hydrogen-bond donors (Lipinski definition) is 1. The molecule has 1 N–H and O–H groups in total. The van der Waals surface area contributed by atoms with Gasteiger partial charge < -0.3 is 14.4 Å². The molecule has 0 aliphatic heterocycles. The molecule has 1 heterocycles. The summed E-state index contributed by atoms with van der Waals surface area (Å²) in [6, 6.07) is 8.73. The number of carboxylic acids is 1. The van der Waals surface area contributed by atoms with Crippen molar-refractivity contribution in [3.63, 3.8) is 0 Å². The number of nitrogens with zero attached hydrogens (tertiary/aromatic N) is 1. The van der Waals surface area contributed by atoms with Crippen LogP contribution < -0.4 is 4.90 Å². The van der Waals surface area contributed by atoms with Gasteiger partial charge in [0.15, 0.2) is 0 Å². The zero-order valence-corrected chi connectivity index (χ0v) is 12.1. The van der Waals surface area contributed by atoms with Crippen LogP contribution in [0.5, 0.6) is 0 Å². The molecule has 110 valence electrons. The Bertz CT molecular complexity index is 665. The molecule has 0 atom stereocenters. The van der Waals surface area contributed by atoms with Crippen LogP contribution in [0.4, 0.5) is 5.69 Å². The maximum atomic E-state index is 12.6. The number of furan rings is 1. The zero-order valence-electron chi connectivity index (χ0n) is 11.4. The number of halogens is 1. The van der Waals surface area contributed by atoms with Gasteiger partial charge in [0.05, 0.1) is 18.2 Å². The monoisotopic (exact) mass is 307 g/mol. The number of carbonyl (C=O) groups is 2. The van der Waals surface area contributed by atoms with Crippen LogP contribution in [-0.2, 0) is 4.79 Å². The minimum Gasteiger partial charge on any atom is -0.481 e. The molecule has 0 aliphatic carbocycles. The van der Waals surface area contributed by atoms with E-state index in [-0.39, 0.29) is 29.7 Å². The molecule has 5 nitrogen and oxygen atoms in total. The number of hydrogen-bond acceptors (Lipinski definition) is 3. The Kier molecular flexibility index (Phi) is 4.65. The Morgan fingerprint density at radius 3 is 2.57 bits per heavy atom. The van der Waals surface area contributed by atoms with Gasteiger partial charge in [0.2, 0.25) is 5.22 Å². The molecule has 0 aliphatic rings. The third-order valence-electron chi connectivity index (χ3n) is 3.05. The van der Waals surface area contributed by atoms with Crippen LogP contribution in [0.25, 0.3) is 0 Å². The predicted octanol–water partition coefficient (Wildman–Crippen LogP) is 3.36. The third-order valence-corrected chi connectivity index (χ3v) is 3.34. The lowest BCUT2D eigenvalue weighted by atomic mass is 10.1. The van der Waals surface area contributed by atoms with E-state index in [1.165, 1.54) is 17.2 Å². The summed E-state index contributed by atoms with van der Waals surface area (Å²) in [5.41, 5.74) is 1.74. The first kappa shape index (κ1) is 15.1. The SMILES string of the molecule is Cc1ccccc1N(CCC(=O)O)C(=O)c1ccoc1Cl. The quantitative estimate of drug-likeness (QED) is 0.919. The fraction of sp³-hybridized carbons (Fsp3) is 0.200. The Labute approximate surface area is 126 Å². The summed E-state index contributed by atoms with van der Waals surface area (Å²) in [6.45, 7) is 1.91. The summed E-state index contributed by atoms with van der Waals surface area (Å²) in [5.74, 6) is -1.36. The summed E-state index contributed by atoms with van der Waals surface area (Å²) in [5, 5.41) is 8.86. The fourth-order valence-corrected chi connectivity index (χ4v) is 2.19. The summed E-state index contributed by atoms with van der Waals surface area (Å²) in [4.78, 5) is 24.8. The van der Waals surface area contributed by atoms with Crippen LogP contribution in [0.1, 0.15) is 22.3 Å². The molecule has 1 aromatic carbocycles. The number of aryl methyl sites for hydroxylation is 1. The maximum absolute atomic E-state index is 12.6. The van der Waals surface area contributed by atoms with Crippen molar-refractivity contribution in [3.8, 4) is 0 Å². The van der Waals surface area contributed by atoms with Gasteiger partial charge in [0.25, 0.3) is 5.91 Å². The highest BCUT2D eigenvalue weighted by molar-refractivity contribution is 6.32. The number of rotatable bonds is 5. The molecule has 6 heteroatoms. The van der Waals surface area contributed by atoms with Gasteiger partial charge >= 0.3 is 5.97 Å². The molecule has 0 bridgehead atoms. The highest BCUT2D eigenvalue weighted by Gasteiger charge is 2.23. The molecule has 0 radical (unpaired) electrons. The minimum atomic E-state index is -0.973. The van der Waals surface area contributed by atoms with Gasteiger partial charge in [-0.1, -0.05) is 18.2 Å². The first-order valence-corrected chi connectivity index (χ1v) is 6.70. The molecular formula is C15H14ClNO4. The lowest BCUT2D eigenvalue weighted by Gasteiger charge is -2.23. The molecule has 0 spiro atoms. The molecule has 0 unspecified atom stereocenters. The Morgan fingerprint density at radius 1 is 1.29 bits per heavy atom. The normalized spacial score (nSPS) is 10.4. The average Bonchev–Trinajstić information content (AvgIpc) is 2.86. The van der Waals surface area contributed by atoms with Gasteiger partial charge in [-0.15, -0.1) is 0 Å². The van der Waals surface area contributed by atoms with Gasteiger partial charge in [-0.05, 0) is 36.2 Å². The van der Waals surface area contributed by atoms with Crippen molar-refractivity contribution in [1.29, 1.82) is 0 Å². The summed E-state index contributed by atoms with van der Waals surface area (Å²) < 4.78 is 4.93. The molecule has 21 heavy (non-hydrogen) atoms. The topological polar surface area (TPSA) is 70.8 Å². The summed E-state index contributed by atoms with van der Waals surface area (Å²) in [6.07, 6.45) is 1.17. The number of aliphatic carboxylic acids is 1. The van der Waals surface area contributed by atoms with Gasteiger partial charge in [0.1, 0.15) is 0 Å². The van der Waals surface area contributed by atoms with Crippen molar-refractivity contribution in [2.45, 2.75) is 13.3 Å². The van der Waals surface area contributed by atoms with Crippen molar-refractivity contribution in [2.75, 3.05) is 11.4 Å². The van der Waals surface area contributed by atoms with Crippen molar-refractivity contribution >= 4 is 29.2 Å². The number of para-hydroxylation sites is 1.